The van der Waals surface area contributed by atoms with E-state index in [0.29, 0.717) is 5.56 Å². The summed E-state index contributed by atoms with van der Waals surface area (Å²) in [5, 5.41) is 34.8. The zero-order valence-electron chi connectivity index (χ0n) is 19.2. The van der Waals surface area contributed by atoms with Gasteiger partial charge in [0.25, 0.3) is 0 Å². The normalized spacial score (nSPS) is 15.4. The van der Waals surface area contributed by atoms with Gasteiger partial charge in [0.05, 0.1) is 18.6 Å². The second kappa shape index (κ2) is 13.3. The Morgan fingerprint density at radius 3 is 1.88 bits per heavy atom. The number of nitrogens with two attached hydrogens (primary N) is 1. The van der Waals surface area contributed by atoms with Crippen LogP contribution < -0.4 is 21.7 Å². The van der Waals surface area contributed by atoms with E-state index in [1.807, 2.05) is 0 Å². The topological polar surface area (TPSA) is 208 Å². The van der Waals surface area contributed by atoms with E-state index in [-0.39, 0.29) is 6.42 Å². The summed E-state index contributed by atoms with van der Waals surface area (Å²) >= 11 is 0. The predicted molar refractivity (Wildman–Crippen MR) is 120 cm³/mol. The van der Waals surface area contributed by atoms with Crippen LogP contribution in [-0.2, 0) is 30.4 Å². The number of amides is 3. The Kier molecular flexibility index (Phi) is 11.1. The van der Waals surface area contributed by atoms with E-state index in [1.165, 1.54) is 6.92 Å². The first kappa shape index (κ1) is 28.5. The number of hydrogen-bond acceptors (Lipinski definition) is 7. The summed E-state index contributed by atoms with van der Waals surface area (Å²) in [6.07, 6.45) is -2.00. The van der Waals surface area contributed by atoms with E-state index < -0.39 is 72.3 Å². The van der Waals surface area contributed by atoms with E-state index in [9.17, 15) is 34.2 Å². The number of nitrogens with one attached hydrogen (secondary N) is 3. The molecule has 5 atom stereocenters. The Bertz CT molecular complexity index is 875. The third-order valence-electron chi connectivity index (χ3n) is 4.94. The van der Waals surface area contributed by atoms with Crippen LogP contribution in [0.3, 0.4) is 0 Å². The van der Waals surface area contributed by atoms with Gasteiger partial charge in [0, 0.05) is 6.42 Å². The van der Waals surface area contributed by atoms with Crippen molar-refractivity contribution in [3.05, 3.63) is 35.9 Å². The summed E-state index contributed by atoms with van der Waals surface area (Å²) < 4.78 is 0. The summed E-state index contributed by atoms with van der Waals surface area (Å²) in [5.41, 5.74) is 6.28. The minimum atomic E-state index is -1.58. The number of benzene rings is 1. The monoisotopic (exact) mass is 480 g/mol. The molecule has 8 N–H and O–H groups in total. The number of hydrogen-bond donors (Lipinski definition) is 7. The minimum Gasteiger partial charge on any atom is -0.481 e. The molecule has 0 heterocycles. The molecule has 1 aromatic rings. The second-order valence-corrected chi connectivity index (χ2v) is 8.25. The van der Waals surface area contributed by atoms with Gasteiger partial charge in [-0.15, -0.1) is 0 Å². The molecule has 3 amide bonds. The van der Waals surface area contributed by atoms with Crippen molar-refractivity contribution < 1.29 is 39.3 Å². The molecule has 188 valence electrons. The quantitative estimate of drug-likeness (QED) is 0.177. The van der Waals surface area contributed by atoms with Gasteiger partial charge < -0.3 is 37.0 Å². The molecule has 0 aromatic heterocycles. The Labute approximate surface area is 196 Å². The van der Waals surface area contributed by atoms with Crippen LogP contribution in [0.1, 0.15) is 32.8 Å². The highest BCUT2D eigenvalue weighted by molar-refractivity contribution is 5.95. The standard InChI is InChI=1S/C22H32N4O8/c1-11(2)17(21(32)26-18(12(3)27)22(33)34)25-20(31)15(9-13-7-5-4-6-8-13)24-19(30)14(23)10-16(28)29/h4-8,11-12,14-15,17-18,27H,9-10,23H2,1-3H3,(H,24,30)(H,25,31)(H,26,32)(H,28,29)(H,33,34). The largest absolute Gasteiger partial charge is 0.481 e. The third kappa shape index (κ3) is 9.16. The van der Waals surface area contributed by atoms with Crippen LogP contribution in [0.4, 0.5) is 0 Å². The van der Waals surface area contributed by atoms with E-state index in [1.54, 1.807) is 44.2 Å². The van der Waals surface area contributed by atoms with Crippen molar-refractivity contribution in [3.63, 3.8) is 0 Å². The van der Waals surface area contributed by atoms with Gasteiger partial charge in [0.1, 0.15) is 12.1 Å². The lowest BCUT2D eigenvalue weighted by molar-refractivity contribution is -0.145. The SMILES string of the molecule is CC(C)C(NC(=O)C(Cc1ccccc1)NC(=O)C(N)CC(=O)O)C(=O)NC(C(=O)O)C(C)O. The first-order chi connectivity index (χ1) is 15.8. The molecule has 0 saturated carbocycles. The van der Waals surface area contributed by atoms with Gasteiger partial charge in [0.2, 0.25) is 17.7 Å². The zero-order chi connectivity index (χ0) is 26.0. The molecule has 1 rings (SSSR count). The number of aliphatic carboxylic acids is 2. The van der Waals surface area contributed by atoms with Crippen molar-refractivity contribution in [1.29, 1.82) is 0 Å². The molecule has 1 aromatic carbocycles. The number of aliphatic hydroxyl groups is 1. The Hall–Kier alpha value is -3.51. The van der Waals surface area contributed by atoms with Crippen LogP contribution in [0, 0.1) is 5.92 Å². The third-order valence-corrected chi connectivity index (χ3v) is 4.94. The van der Waals surface area contributed by atoms with E-state index in [0.717, 1.165) is 0 Å². The Balaban J connectivity index is 3.08. The average molecular weight is 481 g/mol. The summed E-state index contributed by atoms with van der Waals surface area (Å²) in [6.45, 7) is 4.44. The maximum Gasteiger partial charge on any atom is 0.328 e. The van der Waals surface area contributed by atoms with E-state index in [4.69, 9.17) is 10.8 Å². The molecule has 34 heavy (non-hydrogen) atoms. The Morgan fingerprint density at radius 2 is 1.41 bits per heavy atom. The average Bonchev–Trinajstić information content (AvgIpc) is 2.74. The van der Waals surface area contributed by atoms with Crippen molar-refractivity contribution in [2.45, 2.75) is 63.9 Å². The number of carboxylic acid groups (broad SMARTS) is 2. The minimum absolute atomic E-state index is 0.0239. The van der Waals surface area contributed by atoms with Gasteiger partial charge in [-0.3, -0.25) is 19.2 Å². The number of aliphatic hydroxyl groups excluding tert-OH is 1. The highest BCUT2D eigenvalue weighted by Gasteiger charge is 2.33. The molecule has 5 unspecified atom stereocenters. The predicted octanol–water partition coefficient (Wildman–Crippen LogP) is -1.39. The molecule has 0 spiro atoms. The highest BCUT2D eigenvalue weighted by Crippen LogP contribution is 2.08. The van der Waals surface area contributed by atoms with Crippen LogP contribution in [-0.4, -0.2) is 75.3 Å². The molecule has 0 radical (unpaired) electrons. The fraction of sp³-hybridized carbons (Fsp3) is 0.500. The molecular weight excluding hydrogens is 448 g/mol. The van der Waals surface area contributed by atoms with Gasteiger partial charge in [-0.05, 0) is 18.4 Å². The maximum absolute atomic E-state index is 13.1. The number of rotatable bonds is 13. The molecule has 0 bridgehead atoms. The van der Waals surface area contributed by atoms with Gasteiger partial charge in [-0.1, -0.05) is 44.2 Å². The molecule has 12 nitrogen and oxygen atoms in total. The maximum atomic E-state index is 13.1. The van der Waals surface area contributed by atoms with Crippen molar-refractivity contribution in [2.24, 2.45) is 11.7 Å². The number of carboxylic acids is 2. The van der Waals surface area contributed by atoms with E-state index in [2.05, 4.69) is 16.0 Å². The van der Waals surface area contributed by atoms with Gasteiger partial charge in [0.15, 0.2) is 6.04 Å². The molecule has 0 aliphatic rings. The lowest BCUT2D eigenvalue weighted by Gasteiger charge is -2.27. The lowest BCUT2D eigenvalue weighted by Crippen LogP contribution is -2.60. The highest BCUT2D eigenvalue weighted by atomic mass is 16.4. The molecule has 0 fully saturated rings. The smallest absolute Gasteiger partial charge is 0.328 e. The fourth-order valence-electron chi connectivity index (χ4n) is 3.04. The van der Waals surface area contributed by atoms with Crippen LogP contribution in [0.25, 0.3) is 0 Å². The van der Waals surface area contributed by atoms with Gasteiger partial charge >= 0.3 is 11.9 Å². The summed E-state index contributed by atoms with van der Waals surface area (Å²) in [4.78, 5) is 60.3. The van der Waals surface area contributed by atoms with Gasteiger partial charge in [-0.2, -0.15) is 0 Å². The summed E-state index contributed by atoms with van der Waals surface area (Å²) in [6, 6.07) is 3.30. The van der Waals surface area contributed by atoms with Crippen LogP contribution >= 0.6 is 0 Å². The molecule has 0 aliphatic carbocycles. The molecule has 12 heteroatoms. The van der Waals surface area contributed by atoms with Crippen LogP contribution in [0.2, 0.25) is 0 Å². The van der Waals surface area contributed by atoms with Gasteiger partial charge in [-0.25, -0.2) is 4.79 Å². The van der Waals surface area contributed by atoms with E-state index >= 15 is 0 Å². The first-order valence-electron chi connectivity index (χ1n) is 10.7. The summed E-state index contributed by atoms with van der Waals surface area (Å²) in [5.74, 6) is -5.64. The van der Waals surface area contributed by atoms with Crippen molar-refractivity contribution in [3.8, 4) is 0 Å². The van der Waals surface area contributed by atoms with Crippen molar-refractivity contribution >= 4 is 29.7 Å². The second-order valence-electron chi connectivity index (χ2n) is 8.25. The molecule has 0 saturated heterocycles. The fourth-order valence-corrected chi connectivity index (χ4v) is 3.04. The number of carbonyl (C=O) groups is 5. The van der Waals surface area contributed by atoms with Crippen molar-refractivity contribution in [2.75, 3.05) is 0 Å². The number of carbonyl (C=O) groups excluding carboxylic acids is 3. The first-order valence-corrected chi connectivity index (χ1v) is 10.7. The van der Waals surface area contributed by atoms with Crippen LogP contribution in [0.5, 0.6) is 0 Å². The summed E-state index contributed by atoms with van der Waals surface area (Å²) in [7, 11) is 0. The lowest BCUT2D eigenvalue weighted by atomic mass is 10.00. The molecular formula is C22H32N4O8. The Morgan fingerprint density at radius 1 is 0.853 bits per heavy atom. The van der Waals surface area contributed by atoms with Crippen LogP contribution in [0.15, 0.2) is 30.3 Å². The van der Waals surface area contributed by atoms with Crippen molar-refractivity contribution in [1.82, 2.24) is 16.0 Å². The zero-order valence-corrected chi connectivity index (χ0v) is 19.2. The molecule has 0 aliphatic heterocycles.